The van der Waals surface area contributed by atoms with E-state index in [0.29, 0.717) is 6.61 Å². The summed E-state index contributed by atoms with van der Waals surface area (Å²) < 4.78 is 4.99. The molecule has 0 atom stereocenters. The first-order valence-electron chi connectivity index (χ1n) is 6.71. The van der Waals surface area contributed by atoms with Crippen molar-refractivity contribution in [3.8, 4) is 11.3 Å². The van der Waals surface area contributed by atoms with E-state index in [1.165, 1.54) is 12.0 Å². The number of aromatic nitrogens is 2. The number of rotatable bonds is 7. The van der Waals surface area contributed by atoms with Crippen LogP contribution in [0.4, 0.5) is 5.82 Å². The third-order valence-electron chi connectivity index (χ3n) is 2.99. The summed E-state index contributed by atoms with van der Waals surface area (Å²) in [4.78, 5) is 0. The van der Waals surface area contributed by atoms with E-state index in [0.717, 1.165) is 30.0 Å². The normalized spacial score (nSPS) is 10.6. The van der Waals surface area contributed by atoms with E-state index in [4.69, 9.17) is 4.74 Å². The Bertz CT molecular complexity index is 490. The topological polar surface area (TPSA) is 49.9 Å². The Hall–Kier alpha value is -1.81. The molecule has 0 fully saturated rings. The summed E-state index contributed by atoms with van der Waals surface area (Å²) >= 11 is 0. The standard InChI is InChI=1S/C15H21N3O/c1-3-4-12-5-7-13(8-6-12)14-11-15(18-17-14)16-9-10-19-2/h5-8,11H,3-4,9-10H2,1-2H3,(H2,16,17,18). The van der Waals surface area contributed by atoms with Crippen molar-refractivity contribution in [2.75, 3.05) is 25.6 Å². The van der Waals surface area contributed by atoms with E-state index >= 15 is 0 Å². The van der Waals surface area contributed by atoms with Gasteiger partial charge in [0, 0.05) is 19.7 Å². The summed E-state index contributed by atoms with van der Waals surface area (Å²) in [5.41, 5.74) is 3.57. The molecule has 0 aliphatic carbocycles. The van der Waals surface area contributed by atoms with Crippen molar-refractivity contribution >= 4 is 5.82 Å². The van der Waals surface area contributed by atoms with Crippen LogP contribution in [0.15, 0.2) is 30.3 Å². The summed E-state index contributed by atoms with van der Waals surface area (Å²) in [6.45, 7) is 3.63. The number of ether oxygens (including phenoxy) is 1. The van der Waals surface area contributed by atoms with Crippen molar-refractivity contribution in [3.63, 3.8) is 0 Å². The van der Waals surface area contributed by atoms with Crippen molar-refractivity contribution < 1.29 is 4.74 Å². The fourth-order valence-electron chi connectivity index (χ4n) is 1.98. The molecule has 0 spiro atoms. The van der Waals surface area contributed by atoms with Crippen LogP contribution in [0, 0.1) is 0 Å². The van der Waals surface area contributed by atoms with Crippen LogP contribution in [-0.4, -0.2) is 30.5 Å². The zero-order valence-electron chi connectivity index (χ0n) is 11.6. The van der Waals surface area contributed by atoms with E-state index < -0.39 is 0 Å². The first-order chi connectivity index (χ1) is 9.33. The third kappa shape index (κ3) is 3.83. The molecular formula is C15H21N3O. The molecule has 1 aromatic heterocycles. The average Bonchev–Trinajstić information content (AvgIpc) is 2.89. The van der Waals surface area contributed by atoms with Crippen LogP contribution in [0.3, 0.4) is 0 Å². The van der Waals surface area contributed by atoms with Gasteiger partial charge in [-0.25, -0.2) is 0 Å². The van der Waals surface area contributed by atoms with Gasteiger partial charge in [0.1, 0.15) is 5.82 Å². The maximum atomic E-state index is 4.99. The monoisotopic (exact) mass is 259 g/mol. The highest BCUT2D eigenvalue weighted by molar-refractivity contribution is 5.62. The van der Waals surface area contributed by atoms with Gasteiger partial charge in [-0.15, -0.1) is 0 Å². The maximum absolute atomic E-state index is 4.99. The first-order valence-corrected chi connectivity index (χ1v) is 6.71. The number of hydrogen-bond donors (Lipinski definition) is 2. The predicted octanol–water partition coefficient (Wildman–Crippen LogP) is 3.09. The van der Waals surface area contributed by atoms with Crippen LogP contribution in [0.5, 0.6) is 0 Å². The second-order valence-electron chi connectivity index (χ2n) is 4.53. The predicted molar refractivity (Wildman–Crippen MR) is 78.4 cm³/mol. The molecule has 4 heteroatoms. The highest BCUT2D eigenvalue weighted by Crippen LogP contribution is 2.20. The SMILES string of the molecule is CCCc1ccc(-c2cc(NCCOC)n[nH]2)cc1. The quantitative estimate of drug-likeness (QED) is 0.751. The Labute approximate surface area is 114 Å². The van der Waals surface area contributed by atoms with Gasteiger partial charge in [-0.2, -0.15) is 5.10 Å². The number of nitrogens with one attached hydrogen (secondary N) is 2. The lowest BCUT2D eigenvalue weighted by molar-refractivity contribution is 0.210. The molecule has 2 N–H and O–H groups in total. The molecule has 0 amide bonds. The van der Waals surface area contributed by atoms with Crippen LogP contribution in [0.25, 0.3) is 11.3 Å². The highest BCUT2D eigenvalue weighted by atomic mass is 16.5. The van der Waals surface area contributed by atoms with Crippen molar-refractivity contribution in [3.05, 3.63) is 35.9 Å². The van der Waals surface area contributed by atoms with Crippen LogP contribution >= 0.6 is 0 Å². The molecule has 0 bridgehead atoms. The van der Waals surface area contributed by atoms with Gasteiger partial charge in [-0.1, -0.05) is 37.6 Å². The van der Waals surface area contributed by atoms with Crippen LogP contribution in [-0.2, 0) is 11.2 Å². The molecule has 0 aliphatic heterocycles. The van der Waals surface area contributed by atoms with Gasteiger partial charge in [0.2, 0.25) is 0 Å². The molecule has 19 heavy (non-hydrogen) atoms. The molecular weight excluding hydrogens is 238 g/mol. The van der Waals surface area contributed by atoms with Crippen LogP contribution < -0.4 is 5.32 Å². The molecule has 1 aromatic carbocycles. The number of H-pyrrole nitrogens is 1. The van der Waals surface area contributed by atoms with Crippen LogP contribution in [0.1, 0.15) is 18.9 Å². The molecule has 0 saturated heterocycles. The van der Waals surface area contributed by atoms with Gasteiger partial charge in [-0.05, 0) is 17.5 Å². The van der Waals surface area contributed by atoms with Crippen molar-refractivity contribution in [1.29, 1.82) is 0 Å². The molecule has 4 nitrogen and oxygen atoms in total. The van der Waals surface area contributed by atoms with Gasteiger partial charge in [0.25, 0.3) is 0 Å². The molecule has 0 saturated carbocycles. The Morgan fingerprint density at radius 3 is 2.74 bits per heavy atom. The van der Waals surface area contributed by atoms with Gasteiger partial charge in [0.05, 0.1) is 12.3 Å². The Morgan fingerprint density at radius 1 is 1.26 bits per heavy atom. The van der Waals surface area contributed by atoms with Gasteiger partial charge >= 0.3 is 0 Å². The average molecular weight is 259 g/mol. The largest absolute Gasteiger partial charge is 0.383 e. The fraction of sp³-hybridized carbons (Fsp3) is 0.400. The van der Waals surface area contributed by atoms with Gasteiger partial charge in [-0.3, -0.25) is 5.10 Å². The van der Waals surface area contributed by atoms with E-state index in [1.807, 2.05) is 6.07 Å². The molecule has 0 aliphatic rings. The number of nitrogens with zero attached hydrogens (tertiary/aromatic N) is 1. The molecule has 0 unspecified atom stereocenters. The summed E-state index contributed by atoms with van der Waals surface area (Å²) in [5, 5.41) is 10.5. The summed E-state index contributed by atoms with van der Waals surface area (Å²) in [5.74, 6) is 0.852. The van der Waals surface area contributed by atoms with Gasteiger partial charge < -0.3 is 10.1 Å². The van der Waals surface area contributed by atoms with E-state index in [-0.39, 0.29) is 0 Å². The highest BCUT2D eigenvalue weighted by Gasteiger charge is 2.03. The van der Waals surface area contributed by atoms with Crippen LogP contribution in [0.2, 0.25) is 0 Å². The van der Waals surface area contributed by atoms with Crippen molar-refractivity contribution in [2.45, 2.75) is 19.8 Å². The van der Waals surface area contributed by atoms with Crippen molar-refractivity contribution in [1.82, 2.24) is 10.2 Å². The van der Waals surface area contributed by atoms with E-state index in [2.05, 4.69) is 46.7 Å². The minimum absolute atomic E-state index is 0.675. The first kappa shape index (κ1) is 13.6. The number of aromatic amines is 1. The number of hydrogen-bond acceptors (Lipinski definition) is 3. The Morgan fingerprint density at radius 2 is 2.05 bits per heavy atom. The molecule has 2 rings (SSSR count). The Balaban J connectivity index is 2.01. The minimum Gasteiger partial charge on any atom is -0.383 e. The fourth-order valence-corrected chi connectivity index (χ4v) is 1.98. The maximum Gasteiger partial charge on any atom is 0.148 e. The summed E-state index contributed by atoms with van der Waals surface area (Å²) in [7, 11) is 1.69. The second-order valence-corrected chi connectivity index (χ2v) is 4.53. The third-order valence-corrected chi connectivity index (χ3v) is 2.99. The molecule has 1 heterocycles. The number of benzene rings is 1. The number of anilines is 1. The lowest BCUT2D eigenvalue weighted by Gasteiger charge is -2.01. The summed E-state index contributed by atoms with van der Waals surface area (Å²) in [6, 6.07) is 10.6. The van der Waals surface area contributed by atoms with Crippen molar-refractivity contribution in [2.24, 2.45) is 0 Å². The lowest BCUT2D eigenvalue weighted by atomic mass is 10.1. The second kappa shape index (κ2) is 6.95. The zero-order chi connectivity index (χ0) is 13.5. The zero-order valence-corrected chi connectivity index (χ0v) is 11.6. The lowest BCUT2D eigenvalue weighted by Crippen LogP contribution is -2.07. The van der Waals surface area contributed by atoms with E-state index in [1.54, 1.807) is 7.11 Å². The number of methoxy groups -OCH3 is 1. The van der Waals surface area contributed by atoms with Gasteiger partial charge in [0.15, 0.2) is 0 Å². The molecule has 0 radical (unpaired) electrons. The number of aryl methyl sites for hydroxylation is 1. The molecule has 102 valence electrons. The van der Waals surface area contributed by atoms with E-state index in [9.17, 15) is 0 Å². The smallest absolute Gasteiger partial charge is 0.148 e. The molecule has 2 aromatic rings. The summed E-state index contributed by atoms with van der Waals surface area (Å²) in [6.07, 6.45) is 2.31. The Kier molecular flexibility index (Phi) is 4.98. The minimum atomic E-state index is 0.675.